The van der Waals surface area contributed by atoms with Crippen molar-refractivity contribution in [2.24, 2.45) is 0 Å². The van der Waals surface area contributed by atoms with E-state index in [0.29, 0.717) is 39.7 Å². The summed E-state index contributed by atoms with van der Waals surface area (Å²) in [7, 11) is 1.37. The van der Waals surface area contributed by atoms with Crippen molar-refractivity contribution in [1.29, 1.82) is 5.26 Å². The van der Waals surface area contributed by atoms with Crippen molar-refractivity contribution in [1.82, 2.24) is 14.8 Å². The van der Waals surface area contributed by atoms with E-state index >= 15 is 4.39 Å². The summed E-state index contributed by atoms with van der Waals surface area (Å²) in [5.74, 6) is -2.37. The Labute approximate surface area is 211 Å². The highest BCUT2D eigenvalue weighted by Gasteiger charge is 2.38. The van der Waals surface area contributed by atoms with E-state index in [-0.39, 0.29) is 36.6 Å². The minimum Gasteiger partial charge on any atom is -0.494 e. The number of nitriles is 1. The molecule has 2 aromatic heterocycles. The number of hydrogen-bond acceptors (Lipinski definition) is 5. The van der Waals surface area contributed by atoms with Gasteiger partial charge in [-0.3, -0.25) is 5.10 Å². The highest BCUT2D eigenvalue weighted by molar-refractivity contribution is 6.00. The molecule has 4 aromatic rings. The second-order valence-electron chi connectivity index (χ2n) is 9.99. The van der Waals surface area contributed by atoms with E-state index in [1.54, 1.807) is 12.1 Å². The van der Waals surface area contributed by atoms with Crippen molar-refractivity contribution in [3.05, 3.63) is 53.4 Å². The van der Waals surface area contributed by atoms with Gasteiger partial charge in [-0.25, -0.2) is 13.6 Å². The maximum absolute atomic E-state index is 16.2. The Morgan fingerprint density at radius 2 is 2.14 bits per heavy atom. The molecule has 0 saturated carbocycles. The Kier molecular flexibility index (Phi) is 6.12. The standard InChI is InChI=1S/C27H26F2N4O4/c1-27(2,8-9-30)25-21(14-4-7-19(26(34)35)37-13-14)22-18(10-15-12-31-32-24(15)23(22)29)33(25)16-5-6-17(28)20(11-16)36-3/h5-6,10-12,14,19H,4,7-8,13H2,1-3H3,(H,31,32)(H,34,35). The van der Waals surface area contributed by atoms with Gasteiger partial charge in [-0.05, 0) is 36.6 Å². The van der Waals surface area contributed by atoms with Gasteiger partial charge in [0, 0.05) is 46.0 Å². The maximum atomic E-state index is 16.2. The molecule has 2 atom stereocenters. The quantitative estimate of drug-likeness (QED) is 0.364. The van der Waals surface area contributed by atoms with Gasteiger partial charge < -0.3 is 19.1 Å². The molecule has 2 N–H and O–H groups in total. The number of fused-ring (bicyclic) bond motifs is 2. The first-order valence-electron chi connectivity index (χ1n) is 11.9. The van der Waals surface area contributed by atoms with Crippen LogP contribution in [0, 0.1) is 23.0 Å². The van der Waals surface area contributed by atoms with E-state index < -0.39 is 29.1 Å². The molecule has 0 radical (unpaired) electrons. The lowest BCUT2D eigenvalue weighted by molar-refractivity contribution is -0.153. The minimum atomic E-state index is -1.03. The highest BCUT2D eigenvalue weighted by atomic mass is 19.1. The summed E-state index contributed by atoms with van der Waals surface area (Å²) in [6.45, 7) is 3.89. The van der Waals surface area contributed by atoms with Crippen molar-refractivity contribution in [3.63, 3.8) is 0 Å². The van der Waals surface area contributed by atoms with Gasteiger partial charge in [-0.15, -0.1) is 0 Å². The second-order valence-corrected chi connectivity index (χ2v) is 9.99. The first kappa shape index (κ1) is 24.7. The lowest BCUT2D eigenvalue weighted by Crippen LogP contribution is -2.32. The van der Waals surface area contributed by atoms with E-state index in [4.69, 9.17) is 9.47 Å². The molecule has 1 fully saturated rings. The summed E-state index contributed by atoms with van der Waals surface area (Å²) < 4.78 is 43.4. The van der Waals surface area contributed by atoms with E-state index in [0.717, 1.165) is 0 Å². The van der Waals surface area contributed by atoms with Gasteiger partial charge in [-0.1, -0.05) is 13.8 Å². The van der Waals surface area contributed by atoms with E-state index in [9.17, 15) is 19.6 Å². The van der Waals surface area contributed by atoms with Crippen molar-refractivity contribution >= 4 is 27.8 Å². The van der Waals surface area contributed by atoms with Crippen LogP contribution >= 0.6 is 0 Å². The fourth-order valence-corrected chi connectivity index (χ4v) is 5.41. The number of hydrogen-bond donors (Lipinski definition) is 2. The second kappa shape index (κ2) is 9.16. The molecule has 37 heavy (non-hydrogen) atoms. The molecule has 5 rings (SSSR count). The number of nitrogens with zero attached hydrogens (tertiary/aromatic N) is 3. The largest absolute Gasteiger partial charge is 0.494 e. The molecule has 8 nitrogen and oxygen atoms in total. The number of halogens is 2. The molecule has 0 aliphatic carbocycles. The van der Waals surface area contributed by atoms with Gasteiger partial charge in [0.25, 0.3) is 0 Å². The third-order valence-corrected chi connectivity index (χ3v) is 7.16. The molecule has 0 bridgehead atoms. The van der Waals surface area contributed by atoms with Crippen LogP contribution in [0.25, 0.3) is 27.5 Å². The van der Waals surface area contributed by atoms with Gasteiger partial charge in [0.2, 0.25) is 0 Å². The number of carboxylic acids is 1. The third-order valence-electron chi connectivity index (χ3n) is 7.16. The number of aromatic nitrogens is 3. The molecule has 10 heteroatoms. The smallest absolute Gasteiger partial charge is 0.332 e. The lowest BCUT2D eigenvalue weighted by atomic mass is 9.78. The number of nitrogens with one attached hydrogen (secondary N) is 1. The average Bonchev–Trinajstić information content (AvgIpc) is 3.48. The maximum Gasteiger partial charge on any atom is 0.332 e. The van der Waals surface area contributed by atoms with Crippen LogP contribution < -0.4 is 4.74 Å². The number of carbonyl (C=O) groups is 1. The number of aliphatic carboxylic acids is 1. The van der Waals surface area contributed by atoms with Crippen LogP contribution in [0.15, 0.2) is 30.5 Å². The Morgan fingerprint density at radius 3 is 2.78 bits per heavy atom. The number of benzene rings is 2. The fraction of sp³-hybridized carbons (Fsp3) is 0.370. The van der Waals surface area contributed by atoms with Crippen LogP contribution in [-0.4, -0.2) is 45.7 Å². The zero-order valence-electron chi connectivity index (χ0n) is 20.6. The summed E-state index contributed by atoms with van der Waals surface area (Å²) in [4.78, 5) is 11.5. The first-order valence-corrected chi connectivity index (χ1v) is 11.9. The number of aromatic amines is 1. The summed E-state index contributed by atoms with van der Waals surface area (Å²) in [6, 6.07) is 8.46. The average molecular weight is 509 g/mol. The van der Waals surface area contributed by atoms with Crippen LogP contribution in [0.2, 0.25) is 0 Å². The predicted octanol–water partition coefficient (Wildman–Crippen LogP) is 5.33. The first-order chi connectivity index (χ1) is 17.7. The highest BCUT2D eigenvalue weighted by Crippen LogP contribution is 2.46. The zero-order valence-corrected chi connectivity index (χ0v) is 20.6. The summed E-state index contributed by atoms with van der Waals surface area (Å²) in [5, 5.41) is 26.7. The fourth-order valence-electron chi connectivity index (χ4n) is 5.41. The summed E-state index contributed by atoms with van der Waals surface area (Å²) in [5.41, 5.74) is 1.88. The van der Waals surface area contributed by atoms with E-state index in [1.165, 1.54) is 19.4 Å². The minimum absolute atomic E-state index is 0.0279. The number of ether oxygens (including phenoxy) is 2. The summed E-state index contributed by atoms with van der Waals surface area (Å²) in [6.07, 6.45) is 1.45. The molecule has 192 valence electrons. The predicted molar refractivity (Wildman–Crippen MR) is 132 cm³/mol. The molecule has 0 spiro atoms. The molecule has 0 amide bonds. The molecule has 1 aliphatic heterocycles. The van der Waals surface area contributed by atoms with Gasteiger partial charge in [0.1, 0.15) is 5.52 Å². The topological polar surface area (TPSA) is 113 Å². The molecular formula is C27H26F2N4O4. The van der Waals surface area contributed by atoms with Crippen LogP contribution in [0.3, 0.4) is 0 Å². The Morgan fingerprint density at radius 1 is 1.35 bits per heavy atom. The number of rotatable bonds is 6. The Hall–Kier alpha value is -3.97. The Bertz CT molecular complexity index is 1560. The van der Waals surface area contributed by atoms with Crippen molar-refractivity contribution < 1.29 is 28.2 Å². The molecule has 3 heterocycles. The van der Waals surface area contributed by atoms with Crippen LogP contribution in [0.1, 0.15) is 50.3 Å². The van der Waals surface area contributed by atoms with Gasteiger partial charge in [0.05, 0.1) is 31.5 Å². The van der Waals surface area contributed by atoms with Gasteiger partial charge in [-0.2, -0.15) is 10.4 Å². The molecule has 2 unspecified atom stereocenters. The zero-order chi connectivity index (χ0) is 26.5. The molecular weight excluding hydrogens is 482 g/mol. The Balaban J connectivity index is 1.88. The monoisotopic (exact) mass is 508 g/mol. The van der Waals surface area contributed by atoms with Gasteiger partial charge in [0.15, 0.2) is 23.5 Å². The van der Waals surface area contributed by atoms with Crippen LogP contribution in [0.5, 0.6) is 5.75 Å². The van der Waals surface area contributed by atoms with Crippen molar-refractivity contribution in [2.75, 3.05) is 13.7 Å². The number of carboxylic acid groups (broad SMARTS) is 1. The van der Waals surface area contributed by atoms with Gasteiger partial charge >= 0.3 is 5.97 Å². The normalized spacial score (nSPS) is 18.3. The molecule has 1 saturated heterocycles. The SMILES string of the molecule is COc1cc(-n2c(C(C)(C)CC#N)c(C3CCC(C(=O)O)OC3)c3c(F)c4[nH]ncc4cc32)ccc1F. The third kappa shape index (κ3) is 4.00. The molecule has 2 aromatic carbocycles. The van der Waals surface area contributed by atoms with Crippen molar-refractivity contribution in [3.8, 4) is 17.5 Å². The van der Waals surface area contributed by atoms with Crippen molar-refractivity contribution in [2.45, 2.75) is 50.5 Å². The lowest BCUT2D eigenvalue weighted by Gasteiger charge is -2.32. The van der Waals surface area contributed by atoms with Crippen LogP contribution in [-0.2, 0) is 14.9 Å². The number of H-pyrrole nitrogens is 1. The van der Waals surface area contributed by atoms with E-state index in [1.807, 2.05) is 24.5 Å². The van der Waals surface area contributed by atoms with Crippen LogP contribution in [0.4, 0.5) is 8.78 Å². The number of methoxy groups -OCH3 is 1. The van der Waals surface area contributed by atoms with E-state index in [2.05, 4.69) is 16.3 Å². The summed E-state index contributed by atoms with van der Waals surface area (Å²) >= 11 is 0. The molecule has 1 aliphatic rings.